The highest BCUT2D eigenvalue weighted by Gasteiger charge is 2.32. The molecular weight excluding hydrogens is 282 g/mol. The number of amides is 1. The summed E-state index contributed by atoms with van der Waals surface area (Å²) in [4.78, 5) is 25.8. The quantitative estimate of drug-likeness (QED) is 0.806. The number of aromatic nitrogens is 2. The number of methoxy groups -OCH3 is 1. The Morgan fingerprint density at radius 2 is 2.18 bits per heavy atom. The van der Waals surface area contributed by atoms with Crippen molar-refractivity contribution in [2.24, 2.45) is 5.92 Å². The second kappa shape index (κ2) is 6.01. The molecule has 6 heteroatoms. The van der Waals surface area contributed by atoms with Crippen LogP contribution < -0.4 is 0 Å². The predicted molar refractivity (Wildman–Crippen MR) is 79.6 cm³/mol. The molecule has 1 fully saturated rings. The van der Waals surface area contributed by atoms with Crippen LogP contribution in [-0.4, -0.2) is 46.8 Å². The van der Waals surface area contributed by atoms with Crippen LogP contribution >= 0.6 is 0 Å². The Kier molecular flexibility index (Phi) is 3.91. The zero-order valence-corrected chi connectivity index (χ0v) is 12.3. The molecule has 114 valence electrons. The molecule has 1 aliphatic heterocycles. The molecule has 1 aliphatic rings. The van der Waals surface area contributed by atoms with Gasteiger partial charge in [0.15, 0.2) is 0 Å². The van der Waals surface area contributed by atoms with E-state index in [1.807, 2.05) is 24.4 Å². The van der Waals surface area contributed by atoms with Crippen LogP contribution in [0.5, 0.6) is 0 Å². The summed E-state index contributed by atoms with van der Waals surface area (Å²) in [6.07, 6.45) is 4.17. The highest BCUT2D eigenvalue weighted by atomic mass is 16.5. The normalized spacial score (nSPS) is 17.5. The van der Waals surface area contributed by atoms with E-state index in [1.165, 1.54) is 7.11 Å². The van der Waals surface area contributed by atoms with E-state index < -0.39 is 0 Å². The lowest BCUT2D eigenvalue weighted by molar-refractivity contribution is -0.144. The van der Waals surface area contributed by atoms with E-state index in [1.54, 1.807) is 27.9 Å². The standard InChI is InChI=1S/C16H17N3O3/c1-22-16(21)13-6-9-18(11-13)15(20)12-4-2-5-14(10-12)19-8-3-7-17-19/h2-5,7-8,10,13H,6,9,11H2,1H3/t13-/m1/s1. The highest BCUT2D eigenvalue weighted by Crippen LogP contribution is 2.20. The molecule has 0 unspecified atom stereocenters. The summed E-state index contributed by atoms with van der Waals surface area (Å²) in [5.41, 5.74) is 1.43. The van der Waals surface area contributed by atoms with Crippen LogP contribution in [0.25, 0.3) is 5.69 Å². The van der Waals surface area contributed by atoms with E-state index in [4.69, 9.17) is 4.74 Å². The summed E-state index contributed by atoms with van der Waals surface area (Å²) in [6.45, 7) is 0.988. The number of nitrogens with zero attached hydrogens (tertiary/aromatic N) is 3. The van der Waals surface area contributed by atoms with Crippen LogP contribution in [-0.2, 0) is 9.53 Å². The molecule has 1 amide bonds. The van der Waals surface area contributed by atoms with Crippen molar-refractivity contribution in [2.45, 2.75) is 6.42 Å². The van der Waals surface area contributed by atoms with Crippen molar-refractivity contribution in [3.63, 3.8) is 0 Å². The molecule has 22 heavy (non-hydrogen) atoms. The van der Waals surface area contributed by atoms with Crippen LogP contribution in [0.1, 0.15) is 16.8 Å². The number of hydrogen-bond donors (Lipinski definition) is 0. The molecule has 0 spiro atoms. The lowest BCUT2D eigenvalue weighted by Crippen LogP contribution is -2.30. The zero-order valence-electron chi connectivity index (χ0n) is 12.3. The summed E-state index contributed by atoms with van der Waals surface area (Å²) in [5, 5.41) is 4.16. The molecule has 3 rings (SSSR count). The number of ether oxygens (including phenoxy) is 1. The minimum atomic E-state index is -0.249. The summed E-state index contributed by atoms with van der Waals surface area (Å²) in [6, 6.07) is 9.14. The van der Waals surface area contributed by atoms with Crippen LogP contribution in [0.4, 0.5) is 0 Å². The number of likely N-dealkylation sites (tertiary alicyclic amines) is 1. The van der Waals surface area contributed by atoms with Gasteiger partial charge in [-0.15, -0.1) is 0 Å². The summed E-state index contributed by atoms with van der Waals surface area (Å²) < 4.78 is 6.45. The van der Waals surface area contributed by atoms with Crippen molar-refractivity contribution in [2.75, 3.05) is 20.2 Å². The van der Waals surface area contributed by atoms with Gasteiger partial charge in [-0.1, -0.05) is 6.07 Å². The molecular formula is C16H17N3O3. The first kappa shape index (κ1) is 14.3. The van der Waals surface area contributed by atoms with Crippen LogP contribution in [0, 0.1) is 5.92 Å². The number of esters is 1. The van der Waals surface area contributed by atoms with Gasteiger partial charge >= 0.3 is 5.97 Å². The Morgan fingerprint density at radius 3 is 2.91 bits per heavy atom. The molecule has 2 heterocycles. The number of carbonyl (C=O) groups is 2. The fourth-order valence-corrected chi connectivity index (χ4v) is 2.69. The van der Waals surface area contributed by atoms with Crippen LogP contribution in [0.3, 0.4) is 0 Å². The van der Waals surface area contributed by atoms with E-state index in [9.17, 15) is 9.59 Å². The Hall–Kier alpha value is -2.63. The smallest absolute Gasteiger partial charge is 0.310 e. The van der Waals surface area contributed by atoms with Gasteiger partial charge in [-0.05, 0) is 30.7 Å². The summed E-state index contributed by atoms with van der Waals surface area (Å²) in [5.74, 6) is -0.538. The van der Waals surface area contributed by atoms with E-state index in [-0.39, 0.29) is 17.8 Å². The van der Waals surface area contributed by atoms with Crippen molar-refractivity contribution in [1.29, 1.82) is 0 Å². The lowest BCUT2D eigenvalue weighted by Gasteiger charge is -2.16. The van der Waals surface area contributed by atoms with Gasteiger partial charge in [-0.2, -0.15) is 5.10 Å². The third kappa shape index (κ3) is 2.72. The molecule has 2 aromatic rings. The minimum absolute atomic E-state index is 0.0691. The number of benzene rings is 1. The average Bonchev–Trinajstić information content (AvgIpc) is 3.25. The molecule has 1 saturated heterocycles. The Balaban J connectivity index is 1.76. The van der Waals surface area contributed by atoms with Gasteiger partial charge in [-0.3, -0.25) is 9.59 Å². The van der Waals surface area contributed by atoms with E-state index in [0.29, 0.717) is 25.1 Å². The van der Waals surface area contributed by atoms with Gasteiger partial charge in [0.25, 0.3) is 5.91 Å². The molecule has 0 aliphatic carbocycles. The molecule has 6 nitrogen and oxygen atoms in total. The van der Waals surface area contributed by atoms with Gasteiger partial charge in [0.2, 0.25) is 0 Å². The fourth-order valence-electron chi connectivity index (χ4n) is 2.69. The maximum atomic E-state index is 12.6. The third-order valence-electron chi connectivity index (χ3n) is 3.87. The average molecular weight is 299 g/mol. The highest BCUT2D eigenvalue weighted by molar-refractivity contribution is 5.95. The van der Waals surface area contributed by atoms with Gasteiger partial charge in [0, 0.05) is 31.0 Å². The molecule has 0 saturated carbocycles. The predicted octanol–water partition coefficient (Wildman–Crippen LogP) is 1.51. The first-order valence-electron chi connectivity index (χ1n) is 7.16. The van der Waals surface area contributed by atoms with E-state index in [2.05, 4.69) is 5.10 Å². The molecule has 0 bridgehead atoms. The fraction of sp³-hybridized carbons (Fsp3) is 0.312. The summed E-state index contributed by atoms with van der Waals surface area (Å²) >= 11 is 0. The monoisotopic (exact) mass is 299 g/mol. The Labute approximate surface area is 128 Å². The maximum absolute atomic E-state index is 12.6. The number of carbonyl (C=O) groups excluding carboxylic acids is 2. The van der Waals surface area contributed by atoms with Crippen molar-refractivity contribution in [3.8, 4) is 5.69 Å². The van der Waals surface area contributed by atoms with Crippen LogP contribution in [0.2, 0.25) is 0 Å². The first-order chi connectivity index (χ1) is 10.7. The Bertz CT molecular complexity index is 682. The van der Waals surface area contributed by atoms with Gasteiger partial charge in [-0.25, -0.2) is 4.68 Å². The van der Waals surface area contributed by atoms with Crippen molar-refractivity contribution in [1.82, 2.24) is 14.7 Å². The second-order valence-corrected chi connectivity index (χ2v) is 5.26. The molecule has 0 radical (unpaired) electrons. The van der Waals surface area contributed by atoms with Gasteiger partial charge in [0.05, 0.1) is 18.7 Å². The van der Waals surface area contributed by atoms with Gasteiger partial charge < -0.3 is 9.64 Å². The van der Waals surface area contributed by atoms with Crippen molar-refractivity contribution in [3.05, 3.63) is 48.3 Å². The van der Waals surface area contributed by atoms with Crippen LogP contribution in [0.15, 0.2) is 42.7 Å². The molecule has 1 aromatic carbocycles. The van der Waals surface area contributed by atoms with Gasteiger partial charge in [0.1, 0.15) is 0 Å². The lowest BCUT2D eigenvalue weighted by atomic mass is 10.1. The van der Waals surface area contributed by atoms with Crippen molar-refractivity contribution >= 4 is 11.9 Å². The number of hydrogen-bond acceptors (Lipinski definition) is 4. The summed E-state index contributed by atoms with van der Waals surface area (Å²) in [7, 11) is 1.38. The molecule has 0 N–H and O–H groups in total. The van der Waals surface area contributed by atoms with Crippen molar-refractivity contribution < 1.29 is 14.3 Å². The minimum Gasteiger partial charge on any atom is -0.469 e. The largest absolute Gasteiger partial charge is 0.469 e. The number of rotatable bonds is 3. The first-order valence-corrected chi connectivity index (χ1v) is 7.16. The molecule has 1 atom stereocenters. The van der Waals surface area contributed by atoms with E-state index >= 15 is 0 Å². The second-order valence-electron chi connectivity index (χ2n) is 5.26. The topological polar surface area (TPSA) is 64.4 Å². The van der Waals surface area contributed by atoms with E-state index in [0.717, 1.165) is 5.69 Å². The SMILES string of the molecule is COC(=O)[C@@H]1CCN(C(=O)c2cccc(-n3cccn3)c2)C1. The molecule has 1 aromatic heterocycles. The third-order valence-corrected chi connectivity index (χ3v) is 3.87. The zero-order chi connectivity index (χ0) is 15.5. The maximum Gasteiger partial charge on any atom is 0.310 e. The Morgan fingerprint density at radius 1 is 1.32 bits per heavy atom.